The summed E-state index contributed by atoms with van der Waals surface area (Å²) < 4.78 is 1.15. The molecule has 0 aliphatic carbocycles. The van der Waals surface area contributed by atoms with Crippen molar-refractivity contribution in [2.45, 2.75) is 18.8 Å². The average molecular weight is 408 g/mol. The first kappa shape index (κ1) is 18.7. The van der Waals surface area contributed by atoms with E-state index in [1.165, 1.54) is 0 Å². The van der Waals surface area contributed by atoms with Gasteiger partial charge in [0.25, 0.3) is 0 Å². The number of piperidine rings is 1. The zero-order chi connectivity index (χ0) is 19.5. The van der Waals surface area contributed by atoms with E-state index in [4.69, 9.17) is 21.8 Å². The maximum absolute atomic E-state index is 12.5. The van der Waals surface area contributed by atoms with Crippen LogP contribution >= 0.6 is 22.9 Å². The Kier molecular flexibility index (Phi) is 5.43. The average Bonchev–Trinajstić information content (AvgIpc) is 3.15. The van der Waals surface area contributed by atoms with Gasteiger partial charge in [-0.3, -0.25) is 4.79 Å². The Labute approximate surface area is 172 Å². The molecule has 28 heavy (non-hydrogen) atoms. The summed E-state index contributed by atoms with van der Waals surface area (Å²) in [5.74, 6) is 0.366. The Morgan fingerprint density at radius 2 is 2.04 bits per heavy atom. The van der Waals surface area contributed by atoms with Crippen LogP contribution in [0.1, 0.15) is 34.9 Å². The minimum atomic E-state index is -0.0118. The highest BCUT2D eigenvalue weighted by molar-refractivity contribution is 7.18. The van der Waals surface area contributed by atoms with E-state index in [-0.39, 0.29) is 5.91 Å². The summed E-state index contributed by atoms with van der Waals surface area (Å²) in [6.45, 7) is 1.43. The third-order valence-corrected chi connectivity index (χ3v) is 6.44. The summed E-state index contributed by atoms with van der Waals surface area (Å²) in [4.78, 5) is 19.1. The van der Waals surface area contributed by atoms with E-state index in [0.717, 1.165) is 33.6 Å². The Morgan fingerprint density at radius 1 is 1.25 bits per heavy atom. The second-order valence-electron chi connectivity index (χ2n) is 6.80. The van der Waals surface area contributed by atoms with E-state index in [1.54, 1.807) is 29.6 Å². The predicted octanol–water partition coefficient (Wildman–Crippen LogP) is 5.24. The number of likely N-dealkylation sites (tertiary alicyclic amines) is 1. The lowest BCUT2D eigenvalue weighted by Crippen LogP contribution is -2.36. The quantitative estimate of drug-likeness (QED) is 0.558. The van der Waals surface area contributed by atoms with E-state index >= 15 is 0 Å². The topological polar surface area (TPSA) is 57.0 Å². The van der Waals surface area contributed by atoms with Crippen molar-refractivity contribution in [1.29, 1.82) is 5.26 Å². The van der Waals surface area contributed by atoms with E-state index < -0.39 is 0 Å². The molecule has 1 fully saturated rings. The first-order valence-corrected chi connectivity index (χ1v) is 10.4. The van der Waals surface area contributed by atoms with Gasteiger partial charge in [-0.1, -0.05) is 29.8 Å². The predicted molar refractivity (Wildman–Crippen MR) is 113 cm³/mol. The molecule has 0 radical (unpaired) electrons. The summed E-state index contributed by atoms with van der Waals surface area (Å²) in [5.41, 5.74) is 2.28. The van der Waals surface area contributed by atoms with Gasteiger partial charge in [-0.05, 0) is 48.7 Å². The van der Waals surface area contributed by atoms with E-state index in [2.05, 4.69) is 6.07 Å². The molecule has 1 saturated heterocycles. The second-order valence-corrected chi connectivity index (χ2v) is 8.29. The van der Waals surface area contributed by atoms with Crippen molar-refractivity contribution < 1.29 is 4.79 Å². The lowest BCUT2D eigenvalue weighted by molar-refractivity contribution is -0.126. The number of rotatable bonds is 3. The van der Waals surface area contributed by atoms with Crippen molar-refractivity contribution in [3.8, 4) is 6.07 Å². The fraction of sp³-hybridized carbons (Fsp3) is 0.227. The zero-order valence-corrected chi connectivity index (χ0v) is 16.7. The van der Waals surface area contributed by atoms with Gasteiger partial charge >= 0.3 is 0 Å². The Hall–Kier alpha value is -2.68. The molecular weight excluding hydrogens is 390 g/mol. The molecule has 1 aliphatic rings. The number of halogens is 1. The van der Waals surface area contributed by atoms with Gasteiger partial charge in [0.2, 0.25) is 5.91 Å². The number of fused-ring (bicyclic) bond motifs is 1. The highest BCUT2D eigenvalue weighted by Crippen LogP contribution is 2.34. The van der Waals surface area contributed by atoms with Crippen LogP contribution in [0.25, 0.3) is 16.3 Å². The van der Waals surface area contributed by atoms with Gasteiger partial charge in [-0.15, -0.1) is 11.3 Å². The van der Waals surface area contributed by atoms with Gasteiger partial charge in [-0.25, -0.2) is 4.98 Å². The third-order valence-electron chi connectivity index (χ3n) is 5.01. The molecule has 0 saturated carbocycles. The normalized spacial score (nSPS) is 15.2. The number of thiazole rings is 1. The molecule has 0 N–H and O–H groups in total. The number of carbonyl (C=O) groups excluding carboxylic acids is 1. The molecule has 0 atom stereocenters. The molecule has 0 bridgehead atoms. The number of aromatic nitrogens is 1. The fourth-order valence-corrected chi connectivity index (χ4v) is 4.73. The Morgan fingerprint density at radius 3 is 2.82 bits per heavy atom. The highest BCUT2D eigenvalue weighted by Gasteiger charge is 2.25. The largest absolute Gasteiger partial charge is 0.339 e. The van der Waals surface area contributed by atoms with E-state index in [1.807, 2.05) is 41.3 Å². The van der Waals surface area contributed by atoms with Crippen LogP contribution in [0.3, 0.4) is 0 Å². The van der Waals surface area contributed by atoms with Crippen molar-refractivity contribution in [2.75, 3.05) is 13.1 Å². The smallest absolute Gasteiger partial charge is 0.246 e. The fourth-order valence-electron chi connectivity index (χ4n) is 3.45. The van der Waals surface area contributed by atoms with Gasteiger partial charge in [0.1, 0.15) is 0 Å². The van der Waals surface area contributed by atoms with Crippen LogP contribution in [-0.2, 0) is 4.79 Å². The monoisotopic (exact) mass is 407 g/mol. The van der Waals surface area contributed by atoms with Crippen LogP contribution in [0.4, 0.5) is 0 Å². The van der Waals surface area contributed by atoms with Crippen molar-refractivity contribution in [3.05, 3.63) is 69.7 Å². The summed E-state index contributed by atoms with van der Waals surface area (Å²) in [6, 6.07) is 15.2. The lowest BCUT2D eigenvalue weighted by atomic mass is 9.97. The molecule has 4 nitrogen and oxygen atoms in total. The summed E-state index contributed by atoms with van der Waals surface area (Å²) in [7, 11) is 0. The van der Waals surface area contributed by atoms with Crippen molar-refractivity contribution in [1.82, 2.24) is 9.88 Å². The van der Waals surface area contributed by atoms with Crippen LogP contribution in [0, 0.1) is 11.3 Å². The molecule has 6 heteroatoms. The maximum Gasteiger partial charge on any atom is 0.246 e. The molecule has 140 valence electrons. The number of benzene rings is 2. The van der Waals surface area contributed by atoms with Gasteiger partial charge in [0.15, 0.2) is 0 Å². The molecule has 2 aromatic carbocycles. The van der Waals surface area contributed by atoms with Crippen LogP contribution in [0.5, 0.6) is 0 Å². The van der Waals surface area contributed by atoms with Gasteiger partial charge in [0.05, 0.1) is 26.9 Å². The van der Waals surface area contributed by atoms with Gasteiger partial charge < -0.3 is 4.90 Å². The van der Waals surface area contributed by atoms with Gasteiger partial charge in [-0.2, -0.15) is 5.26 Å². The molecule has 1 aromatic heterocycles. The molecule has 4 rings (SSSR count). The van der Waals surface area contributed by atoms with E-state index in [9.17, 15) is 4.79 Å². The Bertz CT molecular complexity index is 1090. The van der Waals surface area contributed by atoms with Crippen molar-refractivity contribution in [2.24, 2.45) is 0 Å². The SMILES string of the molecule is N#Cc1ccccc1/C=C/C(=O)N1CCC(c2nc3cc(Cl)ccc3s2)CC1. The van der Waals surface area contributed by atoms with Gasteiger partial charge in [0, 0.05) is 30.1 Å². The molecule has 0 unspecified atom stereocenters. The first-order chi connectivity index (χ1) is 13.6. The number of hydrogen-bond acceptors (Lipinski definition) is 4. The number of carbonyl (C=O) groups is 1. The summed E-state index contributed by atoms with van der Waals surface area (Å²) >= 11 is 7.77. The highest BCUT2D eigenvalue weighted by atomic mass is 35.5. The summed E-state index contributed by atoms with van der Waals surface area (Å²) in [5, 5.41) is 11.0. The minimum Gasteiger partial charge on any atom is -0.339 e. The van der Waals surface area contributed by atoms with Crippen molar-refractivity contribution in [3.63, 3.8) is 0 Å². The molecular formula is C22H18ClN3OS. The number of amides is 1. The summed E-state index contributed by atoms with van der Waals surface area (Å²) in [6.07, 6.45) is 5.10. The number of nitriles is 1. The number of hydrogen-bond donors (Lipinski definition) is 0. The third kappa shape index (κ3) is 3.94. The number of nitrogens with zero attached hydrogens (tertiary/aromatic N) is 3. The molecule has 3 aromatic rings. The van der Waals surface area contributed by atoms with Crippen LogP contribution in [-0.4, -0.2) is 28.9 Å². The first-order valence-electron chi connectivity index (χ1n) is 9.16. The second kappa shape index (κ2) is 8.14. The maximum atomic E-state index is 12.5. The zero-order valence-electron chi connectivity index (χ0n) is 15.1. The molecule has 1 amide bonds. The van der Waals surface area contributed by atoms with Crippen LogP contribution < -0.4 is 0 Å². The minimum absolute atomic E-state index is 0.0118. The molecule has 1 aliphatic heterocycles. The molecule has 2 heterocycles. The van der Waals surface area contributed by atoms with Crippen molar-refractivity contribution >= 4 is 45.1 Å². The Balaban J connectivity index is 1.40. The van der Waals surface area contributed by atoms with Crippen LogP contribution in [0.15, 0.2) is 48.5 Å². The lowest BCUT2D eigenvalue weighted by Gasteiger charge is -2.30. The van der Waals surface area contributed by atoms with Crippen LogP contribution in [0.2, 0.25) is 5.02 Å². The standard InChI is InChI=1S/C22H18ClN3OS/c23-18-6-7-20-19(13-18)25-22(28-20)16-9-11-26(12-10-16)21(27)8-5-15-3-1-2-4-17(15)14-24/h1-8,13,16H,9-12H2/b8-5+. The van der Waals surface area contributed by atoms with E-state index in [0.29, 0.717) is 29.6 Å². The molecule has 0 spiro atoms.